The number of carbonyl (C=O) groups excluding carboxylic acids is 1. The van der Waals surface area contributed by atoms with Gasteiger partial charge in [-0.15, -0.1) is 0 Å². The van der Waals surface area contributed by atoms with Crippen molar-refractivity contribution in [1.82, 2.24) is 0 Å². The van der Waals surface area contributed by atoms with Crippen molar-refractivity contribution in [2.75, 3.05) is 0 Å². The van der Waals surface area contributed by atoms with Crippen molar-refractivity contribution >= 4 is 5.78 Å². The van der Waals surface area contributed by atoms with E-state index in [-0.39, 0.29) is 11.3 Å². The molecule has 0 bridgehead atoms. The summed E-state index contributed by atoms with van der Waals surface area (Å²) in [5, 5.41) is 9.52. The molecule has 0 aliphatic heterocycles. The average Bonchev–Trinajstić information content (AvgIpc) is 2.78. The molecule has 0 heterocycles. The molecule has 2 heteroatoms. The molecule has 3 aliphatic rings. The Labute approximate surface area is 90.7 Å². The standard InChI is InChI=1S/C13H17NO/c14-8-13-6-2-1-3-9(13)7-10-11(13)4-5-12(10)15/h9-11H,1-7H2/t9-,10+,11+,13+/m0/s1. The highest BCUT2D eigenvalue weighted by molar-refractivity contribution is 5.84. The number of nitrogens with zero attached hydrogens (tertiary/aromatic N) is 1. The van der Waals surface area contributed by atoms with Crippen LogP contribution >= 0.6 is 0 Å². The first-order valence-electron chi connectivity index (χ1n) is 6.22. The minimum Gasteiger partial charge on any atom is -0.299 e. The molecule has 0 radical (unpaired) electrons. The Balaban J connectivity index is 1.99. The Bertz CT molecular complexity index is 343. The zero-order valence-corrected chi connectivity index (χ0v) is 9.04. The molecular weight excluding hydrogens is 186 g/mol. The molecule has 15 heavy (non-hydrogen) atoms. The van der Waals surface area contributed by atoms with Gasteiger partial charge in [-0.3, -0.25) is 4.79 Å². The lowest BCUT2D eigenvalue weighted by Gasteiger charge is -2.37. The molecule has 3 saturated carbocycles. The van der Waals surface area contributed by atoms with E-state index in [1.54, 1.807) is 0 Å². The molecule has 0 aromatic carbocycles. The highest BCUT2D eigenvalue weighted by atomic mass is 16.1. The smallest absolute Gasteiger partial charge is 0.136 e. The summed E-state index contributed by atoms with van der Waals surface area (Å²) in [5.74, 6) is 1.66. The van der Waals surface area contributed by atoms with Crippen LogP contribution in [0.15, 0.2) is 0 Å². The van der Waals surface area contributed by atoms with E-state index in [1.807, 2.05) is 0 Å². The lowest BCUT2D eigenvalue weighted by atomic mass is 9.64. The van der Waals surface area contributed by atoms with E-state index in [0.717, 1.165) is 25.7 Å². The third-order valence-corrected chi connectivity index (χ3v) is 5.13. The summed E-state index contributed by atoms with van der Waals surface area (Å²) in [4.78, 5) is 11.7. The van der Waals surface area contributed by atoms with E-state index >= 15 is 0 Å². The molecule has 3 fully saturated rings. The lowest BCUT2D eigenvalue weighted by molar-refractivity contribution is -0.121. The number of Topliss-reactive ketones (excluding diaryl/α,β-unsaturated/α-hetero) is 1. The predicted molar refractivity (Wildman–Crippen MR) is 55.8 cm³/mol. The maximum atomic E-state index is 11.7. The van der Waals surface area contributed by atoms with E-state index in [4.69, 9.17) is 0 Å². The molecule has 0 saturated heterocycles. The number of ketones is 1. The Morgan fingerprint density at radius 2 is 2.20 bits per heavy atom. The molecule has 0 amide bonds. The molecule has 0 aromatic rings. The molecule has 3 aliphatic carbocycles. The zero-order valence-electron chi connectivity index (χ0n) is 9.04. The van der Waals surface area contributed by atoms with Crippen LogP contribution in [-0.2, 0) is 4.79 Å². The van der Waals surface area contributed by atoms with Gasteiger partial charge in [-0.2, -0.15) is 5.26 Å². The van der Waals surface area contributed by atoms with Crippen molar-refractivity contribution in [2.45, 2.75) is 44.9 Å². The van der Waals surface area contributed by atoms with E-state index in [0.29, 0.717) is 17.6 Å². The zero-order chi connectivity index (χ0) is 10.5. The molecule has 80 valence electrons. The van der Waals surface area contributed by atoms with E-state index in [9.17, 15) is 10.1 Å². The third kappa shape index (κ3) is 1.07. The van der Waals surface area contributed by atoms with E-state index in [1.165, 1.54) is 19.3 Å². The van der Waals surface area contributed by atoms with Gasteiger partial charge in [-0.1, -0.05) is 12.8 Å². The van der Waals surface area contributed by atoms with Crippen molar-refractivity contribution in [3.8, 4) is 6.07 Å². The summed E-state index contributed by atoms with van der Waals surface area (Å²) in [6.07, 6.45) is 7.47. The van der Waals surface area contributed by atoms with E-state index < -0.39 is 0 Å². The first kappa shape index (κ1) is 9.39. The topological polar surface area (TPSA) is 40.9 Å². The Kier molecular flexibility index (Phi) is 1.92. The monoisotopic (exact) mass is 203 g/mol. The van der Waals surface area contributed by atoms with Crippen LogP contribution < -0.4 is 0 Å². The molecular formula is C13H17NO. The van der Waals surface area contributed by atoms with Crippen LogP contribution in [0.3, 0.4) is 0 Å². The van der Waals surface area contributed by atoms with Gasteiger partial charge in [-0.25, -0.2) is 0 Å². The minimum absolute atomic E-state index is 0.102. The number of hydrogen-bond acceptors (Lipinski definition) is 2. The lowest BCUT2D eigenvalue weighted by Crippen LogP contribution is -2.33. The summed E-state index contributed by atoms with van der Waals surface area (Å²) in [6, 6.07) is 2.62. The predicted octanol–water partition coefficient (Wildman–Crippen LogP) is 2.69. The molecule has 0 spiro atoms. The molecule has 0 unspecified atom stereocenters. The molecule has 3 rings (SSSR count). The van der Waals surface area contributed by atoms with Crippen LogP contribution in [0.25, 0.3) is 0 Å². The number of nitriles is 1. The summed E-state index contributed by atoms with van der Waals surface area (Å²) in [7, 11) is 0. The first-order chi connectivity index (χ1) is 7.28. The second kappa shape index (κ2) is 3.07. The third-order valence-electron chi connectivity index (χ3n) is 5.13. The quantitative estimate of drug-likeness (QED) is 0.607. The van der Waals surface area contributed by atoms with Crippen molar-refractivity contribution in [2.24, 2.45) is 23.2 Å². The fourth-order valence-electron chi connectivity index (χ4n) is 4.44. The molecule has 0 aromatic heterocycles. The first-order valence-corrected chi connectivity index (χ1v) is 6.22. The largest absolute Gasteiger partial charge is 0.299 e. The maximum Gasteiger partial charge on any atom is 0.136 e. The van der Waals surface area contributed by atoms with Crippen LogP contribution in [0.5, 0.6) is 0 Å². The van der Waals surface area contributed by atoms with Crippen molar-refractivity contribution in [3.05, 3.63) is 0 Å². The Morgan fingerprint density at radius 1 is 1.33 bits per heavy atom. The van der Waals surface area contributed by atoms with Crippen LogP contribution in [-0.4, -0.2) is 5.78 Å². The normalized spacial score (nSPS) is 48.5. The minimum atomic E-state index is -0.102. The highest BCUT2D eigenvalue weighted by Gasteiger charge is 2.59. The van der Waals surface area contributed by atoms with Gasteiger partial charge in [0.1, 0.15) is 5.78 Å². The summed E-state index contributed by atoms with van der Waals surface area (Å²) < 4.78 is 0. The number of hydrogen-bond donors (Lipinski definition) is 0. The van der Waals surface area contributed by atoms with Crippen LogP contribution in [0.4, 0.5) is 0 Å². The van der Waals surface area contributed by atoms with E-state index in [2.05, 4.69) is 6.07 Å². The van der Waals surface area contributed by atoms with Crippen LogP contribution in [0.2, 0.25) is 0 Å². The molecule has 4 atom stereocenters. The van der Waals surface area contributed by atoms with Gasteiger partial charge in [0.05, 0.1) is 11.5 Å². The van der Waals surface area contributed by atoms with Crippen molar-refractivity contribution in [1.29, 1.82) is 5.26 Å². The van der Waals surface area contributed by atoms with Gasteiger partial charge in [0.15, 0.2) is 0 Å². The Hall–Kier alpha value is -0.840. The number of carbonyl (C=O) groups is 1. The molecule has 0 N–H and O–H groups in total. The van der Waals surface area contributed by atoms with Gasteiger partial charge in [0, 0.05) is 12.3 Å². The second-order valence-corrected chi connectivity index (χ2v) is 5.55. The summed E-state index contributed by atoms with van der Waals surface area (Å²) >= 11 is 0. The highest BCUT2D eigenvalue weighted by Crippen LogP contribution is 2.61. The van der Waals surface area contributed by atoms with Crippen molar-refractivity contribution < 1.29 is 4.79 Å². The van der Waals surface area contributed by atoms with Crippen molar-refractivity contribution in [3.63, 3.8) is 0 Å². The Morgan fingerprint density at radius 3 is 3.00 bits per heavy atom. The second-order valence-electron chi connectivity index (χ2n) is 5.55. The van der Waals surface area contributed by atoms with Gasteiger partial charge in [-0.05, 0) is 37.5 Å². The fourth-order valence-corrected chi connectivity index (χ4v) is 4.44. The molecule has 2 nitrogen and oxygen atoms in total. The SMILES string of the molecule is N#C[C@]12CCCC[C@H]1C[C@H]1C(=O)CC[C@H]12. The summed E-state index contributed by atoms with van der Waals surface area (Å²) in [6.45, 7) is 0. The van der Waals surface area contributed by atoms with Crippen LogP contribution in [0.1, 0.15) is 44.9 Å². The van der Waals surface area contributed by atoms with Gasteiger partial charge >= 0.3 is 0 Å². The van der Waals surface area contributed by atoms with Gasteiger partial charge < -0.3 is 0 Å². The average molecular weight is 203 g/mol. The maximum absolute atomic E-state index is 11.7. The number of rotatable bonds is 0. The number of fused-ring (bicyclic) bond motifs is 3. The van der Waals surface area contributed by atoms with Gasteiger partial charge in [0.25, 0.3) is 0 Å². The van der Waals surface area contributed by atoms with Gasteiger partial charge in [0.2, 0.25) is 0 Å². The summed E-state index contributed by atoms with van der Waals surface area (Å²) in [5.41, 5.74) is -0.102. The fraction of sp³-hybridized carbons (Fsp3) is 0.846. The van der Waals surface area contributed by atoms with Crippen LogP contribution in [0, 0.1) is 34.5 Å².